The van der Waals surface area contributed by atoms with Gasteiger partial charge in [-0.15, -0.1) is 0 Å². The molecular formula is C14H14F3N5O. The molecule has 0 amide bonds. The summed E-state index contributed by atoms with van der Waals surface area (Å²) in [5.41, 5.74) is 3.27. The lowest BCUT2D eigenvalue weighted by Crippen LogP contribution is -2.26. The van der Waals surface area contributed by atoms with Gasteiger partial charge in [0.2, 0.25) is 0 Å². The smallest absolute Gasteiger partial charge is 0.379 e. The molecule has 9 heteroatoms. The number of nitrogens with one attached hydrogen (secondary N) is 3. The van der Waals surface area contributed by atoms with Crippen LogP contribution in [0.15, 0.2) is 35.6 Å². The van der Waals surface area contributed by atoms with Crippen molar-refractivity contribution in [2.75, 3.05) is 18.7 Å². The summed E-state index contributed by atoms with van der Waals surface area (Å²) in [5, 5.41) is 13.3. The fourth-order valence-electron chi connectivity index (χ4n) is 2.19. The van der Waals surface area contributed by atoms with Crippen LogP contribution in [0.4, 0.5) is 18.9 Å². The van der Waals surface area contributed by atoms with Crippen molar-refractivity contribution < 1.29 is 17.9 Å². The minimum atomic E-state index is -4.48. The summed E-state index contributed by atoms with van der Waals surface area (Å²) in [5.74, 6) is 0. The largest absolute Gasteiger partial charge is 0.418 e. The van der Waals surface area contributed by atoms with Crippen LogP contribution in [0.2, 0.25) is 0 Å². The SMILES string of the molecule is FC(F)(F)c1cc(C2=NNCOC2)ccc1NCc1cc[nH]n1. The van der Waals surface area contributed by atoms with E-state index in [4.69, 9.17) is 4.74 Å². The van der Waals surface area contributed by atoms with E-state index in [9.17, 15) is 13.2 Å². The predicted molar refractivity (Wildman–Crippen MR) is 77.9 cm³/mol. The Kier molecular flexibility index (Phi) is 4.20. The van der Waals surface area contributed by atoms with Gasteiger partial charge in [0.05, 0.1) is 30.1 Å². The first-order valence-electron chi connectivity index (χ1n) is 6.85. The van der Waals surface area contributed by atoms with Crippen LogP contribution in [0, 0.1) is 0 Å². The second kappa shape index (κ2) is 6.29. The Balaban J connectivity index is 1.88. The number of anilines is 1. The summed E-state index contributed by atoms with van der Waals surface area (Å²) < 4.78 is 45.1. The summed E-state index contributed by atoms with van der Waals surface area (Å²) in [7, 11) is 0. The maximum Gasteiger partial charge on any atom is 0.418 e. The number of alkyl halides is 3. The quantitative estimate of drug-likeness (QED) is 0.806. The Labute approximate surface area is 129 Å². The zero-order valence-electron chi connectivity index (χ0n) is 11.9. The molecule has 122 valence electrons. The van der Waals surface area contributed by atoms with Gasteiger partial charge < -0.3 is 10.1 Å². The highest BCUT2D eigenvalue weighted by molar-refractivity contribution is 6.02. The predicted octanol–water partition coefficient (Wildman–Crippen LogP) is 2.32. The number of rotatable bonds is 4. The van der Waals surface area contributed by atoms with Gasteiger partial charge in [0.25, 0.3) is 0 Å². The number of hydrogen-bond acceptors (Lipinski definition) is 5. The van der Waals surface area contributed by atoms with Crippen LogP contribution >= 0.6 is 0 Å². The summed E-state index contributed by atoms with van der Waals surface area (Å²) >= 11 is 0. The Morgan fingerprint density at radius 2 is 2.13 bits per heavy atom. The maximum absolute atomic E-state index is 13.3. The Morgan fingerprint density at radius 3 is 2.78 bits per heavy atom. The fourth-order valence-corrected chi connectivity index (χ4v) is 2.19. The summed E-state index contributed by atoms with van der Waals surface area (Å²) in [6.07, 6.45) is -2.87. The van der Waals surface area contributed by atoms with Gasteiger partial charge in [0.15, 0.2) is 0 Å². The molecular weight excluding hydrogens is 311 g/mol. The second-order valence-corrected chi connectivity index (χ2v) is 4.89. The lowest BCUT2D eigenvalue weighted by molar-refractivity contribution is -0.137. The molecule has 3 rings (SSSR count). The maximum atomic E-state index is 13.3. The van der Waals surface area contributed by atoms with Gasteiger partial charge in [-0.3, -0.25) is 10.5 Å². The lowest BCUT2D eigenvalue weighted by atomic mass is 10.0. The molecule has 3 N–H and O–H groups in total. The van der Waals surface area contributed by atoms with Crippen LogP contribution in [0.25, 0.3) is 0 Å². The molecule has 1 aromatic carbocycles. The van der Waals surface area contributed by atoms with Crippen LogP contribution in [0.5, 0.6) is 0 Å². The van der Waals surface area contributed by atoms with Gasteiger partial charge >= 0.3 is 6.18 Å². The molecule has 0 spiro atoms. The zero-order chi connectivity index (χ0) is 16.3. The van der Waals surface area contributed by atoms with Crippen LogP contribution in [-0.4, -0.2) is 29.2 Å². The fraction of sp³-hybridized carbons (Fsp3) is 0.286. The average molecular weight is 325 g/mol. The highest BCUT2D eigenvalue weighted by Gasteiger charge is 2.34. The number of hydrogen-bond donors (Lipinski definition) is 3. The monoisotopic (exact) mass is 325 g/mol. The molecule has 0 unspecified atom stereocenters. The third-order valence-corrected chi connectivity index (χ3v) is 3.30. The molecule has 0 saturated carbocycles. The third kappa shape index (κ3) is 3.62. The third-order valence-electron chi connectivity index (χ3n) is 3.30. The Morgan fingerprint density at radius 1 is 1.26 bits per heavy atom. The molecule has 6 nitrogen and oxygen atoms in total. The molecule has 0 radical (unpaired) electrons. The molecule has 0 aliphatic carbocycles. The van der Waals surface area contributed by atoms with Crippen molar-refractivity contribution in [1.82, 2.24) is 15.6 Å². The van der Waals surface area contributed by atoms with E-state index in [2.05, 4.69) is 26.0 Å². The zero-order valence-corrected chi connectivity index (χ0v) is 11.9. The molecule has 1 aliphatic rings. The first-order valence-corrected chi connectivity index (χ1v) is 6.85. The van der Waals surface area contributed by atoms with Crippen molar-refractivity contribution >= 4 is 11.4 Å². The van der Waals surface area contributed by atoms with E-state index in [1.807, 2.05) is 0 Å². The molecule has 0 bridgehead atoms. The van der Waals surface area contributed by atoms with E-state index in [1.54, 1.807) is 18.3 Å². The van der Waals surface area contributed by atoms with Crippen molar-refractivity contribution in [2.45, 2.75) is 12.7 Å². The van der Waals surface area contributed by atoms with E-state index in [1.165, 1.54) is 6.07 Å². The van der Waals surface area contributed by atoms with Gasteiger partial charge in [0, 0.05) is 17.4 Å². The number of ether oxygens (including phenoxy) is 1. The standard InChI is InChI=1S/C14H14F3N5O/c15-14(16,17)11-5-9(13-7-23-8-20-22-13)1-2-12(11)18-6-10-3-4-19-21-10/h1-5,18,20H,6-8H2,(H,19,21). The van der Waals surface area contributed by atoms with Crippen LogP contribution in [0.1, 0.15) is 16.8 Å². The van der Waals surface area contributed by atoms with Crippen LogP contribution < -0.4 is 10.7 Å². The minimum Gasteiger partial charge on any atom is -0.379 e. The van der Waals surface area contributed by atoms with Gasteiger partial charge in [-0.2, -0.15) is 23.4 Å². The van der Waals surface area contributed by atoms with Crippen LogP contribution in [0.3, 0.4) is 0 Å². The normalized spacial score (nSPS) is 15.0. The van der Waals surface area contributed by atoms with Crippen LogP contribution in [-0.2, 0) is 17.5 Å². The van der Waals surface area contributed by atoms with E-state index < -0.39 is 11.7 Å². The number of aromatic amines is 1. The highest BCUT2D eigenvalue weighted by atomic mass is 19.4. The van der Waals surface area contributed by atoms with E-state index in [0.717, 1.165) is 6.07 Å². The molecule has 0 fully saturated rings. The lowest BCUT2D eigenvalue weighted by Gasteiger charge is -2.18. The molecule has 1 aromatic heterocycles. The highest BCUT2D eigenvalue weighted by Crippen LogP contribution is 2.35. The van der Waals surface area contributed by atoms with Crippen molar-refractivity contribution in [2.24, 2.45) is 5.10 Å². The minimum absolute atomic E-state index is 0.00506. The van der Waals surface area contributed by atoms with Gasteiger partial charge in [-0.1, -0.05) is 6.07 Å². The number of H-pyrrole nitrogens is 1. The molecule has 0 saturated heterocycles. The van der Waals surface area contributed by atoms with Crippen molar-refractivity contribution in [3.63, 3.8) is 0 Å². The number of halogens is 3. The summed E-state index contributed by atoms with van der Waals surface area (Å²) in [6.45, 7) is 0.612. The molecule has 2 heterocycles. The van der Waals surface area contributed by atoms with Gasteiger partial charge in [0.1, 0.15) is 6.73 Å². The molecule has 23 heavy (non-hydrogen) atoms. The van der Waals surface area contributed by atoms with Crippen molar-refractivity contribution in [3.8, 4) is 0 Å². The first kappa shape index (κ1) is 15.3. The number of hydrazone groups is 1. The number of aromatic nitrogens is 2. The summed E-state index contributed by atoms with van der Waals surface area (Å²) in [6, 6.07) is 5.73. The summed E-state index contributed by atoms with van der Waals surface area (Å²) in [4.78, 5) is 0. The number of nitrogens with zero attached hydrogens (tertiary/aromatic N) is 2. The van der Waals surface area contributed by atoms with E-state index in [0.29, 0.717) is 17.0 Å². The number of benzene rings is 1. The average Bonchev–Trinajstić information content (AvgIpc) is 3.06. The van der Waals surface area contributed by atoms with Gasteiger partial charge in [-0.05, 0) is 18.2 Å². The van der Waals surface area contributed by atoms with Crippen molar-refractivity contribution in [1.29, 1.82) is 0 Å². The molecule has 0 atom stereocenters. The van der Waals surface area contributed by atoms with E-state index in [-0.39, 0.29) is 25.6 Å². The topological polar surface area (TPSA) is 74.3 Å². The molecule has 2 aromatic rings. The van der Waals surface area contributed by atoms with Crippen molar-refractivity contribution in [3.05, 3.63) is 47.3 Å². The Bertz CT molecular complexity index is 697. The second-order valence-electron chi connectivity index (χ2n) is 4.89. The first-order chi connectivity index (χ1) is 11.0. The molecule has 1 aliphatic heterocycles. The van der Waals surface area contributed by atoms with E-state index >= 15 is 0 Å². The Hall–Kier alpha value is -2.55. The van der Waals surface area contributed by atoms with Gasteiger partial charge in [-0.25, -0.2) is 0 Å².